The van der Waals surface area contributed by atoms with E-state index in [1.165, 1.54) is 6.07 Å². The zero-order valence-electron chi connectivity index (χ0n) is 10.6. The van der Waals surface area contributed by atoms with Crippen LogP contribution < -0.4 is 5.32 Å². The lowest BCUT2D eigenvalue weighted by Crippen LogP contribution is -2.39. The van der Waals surface area contributed by atoms with Crippen LogP contribution in [0.3, 0.4) is 0 Å². The molecule has 6 heteroatoms. The number of hydrogen-bond acceptors (Lipinski definition) is 3. The molecule has 0 radical (unpaired) electrons. The van der Waals surface area contributed by atoms with Crippen LogP contribution in [0.15, 0.2) is 18.2 Å². The van der Waals surface area contributed by atoms with Crippen molar-refractivity contribution >= 4 is 17.5 Å². The monoisotopic (exact) mass is 268 g/mol. The van der Waals surface area contributed by atoms with E-state index in [0.29, 0.717) is 0 Å². The first-order valence-corrected chi connectivity index (χ1v) is 5.98. The van der Waals surface area contributed by atoms with E-state index >= 15 is 0 Å². The molecule has 1 atom stereocenters. The molecule has 0 bridgehead atoms. The molecule has 1 aliphatic heterocycles. The number of hydrogen-bond donors (Lipinski definition) is 1. The fourth-order valence-electron chi connectivity index (χ4n) is 2.12. The number of imide groups is 1. The summed E-state index contributed by atoms with van der Waals surface area (Å²) >= 11 is 0. The Balaban J connectivity index is 2.22. The van der Waals surface area contributed by atoms with Crippen LogP contribution in [0.4, 0.5) is 14.5 Å². The predicted octanol–water partition coefficient (Wildman–Crippen LogP) is 1.91. The summed E-state index contributed by atoms with van der Waals surface area (Å²) in [5.74, 6) is -2.37. The standard InChI is InChI=1S/C13H14F2N2O2/c1-7(2)17-11(18)6-10(13(17)19)16-12-8(14)4-3-5-9(12)15/h3-5,7,10,16H,6H2,1-2H3. The number of carbonyl (C=O) groups excluding carboxylic acids is 2. The summed E-state index contributed by atoms with van der Waals surface area (Å²) in [6, 6.07) is 2.23. The Morgan fingerprint density at radius 2 is 1.84 bits per heavy atom. The zero-order chi connectivity index (χ0) is 14.2. The summed E-state index contributed by atoms with van der Waals surface area (Å²) in [4.78, 5) is 24.8. The minimum absolute atomic E-state index is 0.0925. The molecule has 0 spiro atoms. The van der Waals surface area contributed by atoms with Crippen molar-refractivity contribution in [2.75, 3.05) is 5.32 Å². The topological polar surface area (TPSA) is 49.4 Å². The van der Waals surface area contributed by atoms with Crippen molar-refractivity contribution in [3.8, 4) is 0 Å². The van der Waals surface area contributed by atoms with Gasteiger partial charge in [-0.3, -0.25) is 14.5 Å². The average Bonchev–Trinajstić information content (AvgIpc) is 2.59. The average molecular weight is 268 g/mol. The summed E-state index contributed by atoms with van der Waals surface area (Å²) in [6.07, 6.45) is -0.0925. The van der Waals surface area contributed by atoms with E-state index in [2.05, 4.69) is 5.32 Å². The molecule has 1 fully saturated rings. The van der Waals surface area contributed by atoms with Gasteiger partial charge in [-0.25, -0.2) is 8.78 Å². The maximum Gasteiger partial charge on any atom is 0.252 e. The molecule has 102 valence electrons. The summed E-state index contributed by atoms with van der Waals surface area (Å²) in [5, 5.41) is 2.48. The smallest absolute Gasteiger partial charge is 0.252 e. The van der Waals surface area contributed by atoms with E-state index < -0.39 is 23.6 Å². The molecular weight excluding hydrogens is 254 g/mol. The molecule has 1 saturated heterocycles. The highest BCUT2D eigenvalue weighted by Gasteiger charge is 2.40. The Morgan fingerprint density at radius 1 is 1.26 bits per heavy atom. The largest absolute Gasteiger partial charge is 0.368 e. The van der Waals surface area contributed by atoms with Gasteiger partial charge < -0.3 is 5.32 Å². The van der Waals surface area contributed by atoms with Crippen LogP contribution in [0.1, 0.15) is 20.3 Å². The number of anilines is 1. The van der Waals surface area contributed by atoms with Crippen LogP contribution in [-0.2, 0) is 9.59 Å². The third-order valence-corrected chi connectivity index (χ3v) is 2.98. The van der Waals surface area contributed by atoms with Crippen LogP contribution in [0.2, 0.25) is 0 Å². The highest BCUT2D eigenvalue weighted by atomic mass is 19.1. The number of nitrogens with one attached hydrogen (secondary N) is 1. The van der Waals surface area contributed by atoms with Gasteiger partial charge in [-0.15, -0.1) is 0 Å². The summed E-state index contributed by atoms with van der Waals surface area (Å²) in [6.45, 7) is 3.42. The zero-order valence-corrected chi connectivity index (χ0v) is 10.6. The molecule has 1 aromatic carbocycles. The summed E-state index contributed by atoms with van der Waals surface area (Å²) < 4.78 is 26.9. The Hall–Kier alpha value is -1.98. The van der Waals surface area contributed by atoms with Gasteiger partial charge in [-0.05, 0) is 26.0 Å². The first kappa shape index (κ1) is 13.5. The SMILES string of the molecule is CC(C)N1C(=O)CC(Nc2c(F)cccc2F)C1=O. The van der Waals surface area contributed by atoms with E-state index in [1.54, 1.807) is 13.8 Å². The van der Waals surface area contributed by atoms with Crippen molar-refractivity contribution in [2.45, 2.75) is 32.4 Å². The normalized spacial score (nSPS) is 19.4. The van der Waals surface area contributed by atoms with E-state index in [4.69, 9.17) is 0 Å². The predicted molar refractivity (Wildman–Crippen MR) is 65.4 cm³/mol. The molecular formula is C13H14F2N2O2. The molecule has 4 nitrogen and oxygen atoms in total. The van der Waals surface area contributed by atoms with Gasteiger partial charge in [0.2, 0.25) is 5.91 Å². The van der Waals surface area contributed by atoms with Crippen LogP contribution in [-0.4, -0.2) is 28.8 Å². The van der Waals surface area contributed by atoms with E-state index in [9.17, 15) is 18.4 Å². The molecule has 1 heterocycles. The second kappa shape index (κ2) is 4.95. The molecule has 19 heavy (non-hydrogen) atoms. The maximum atomic E-state index is 13.5. The van der Waals surface area contributed by atoms with Gasteiger partial charge in [-0.1, -0.05) is 6.07 Å². The third-order valence-electron chi connectivity index (χ3n) is 2.98. The fraction of sp³-hybridized carbons (Fsp3) is 0.385. The molecule has 0 saturated carbocycles. The molecule has 2 rings (SSSR count). The Bertz CT molecular complexity index is 511. The van der Waals surface area contributed by atoms with Gasteiger partial charge in [0.15, 0.2) is 0 Å². The van der Waals surface area contributed by atoms with E-state index in [1.807, 2.05) is 0 Å². The highest BCUT2D eigenvalue weighted by Crippen LogP contribution is 2.24. The molecule has 1 aliphatic rings. The van der Waals surface area contributed by atoms with Gasteiger partial charge in [0.05, 0.1) is 6.42 Å². The summed E-state index contributed by atoms with van der Waals surface area (Å²) in [7, 11) is 0. The third kappa shape index (κ3) is 2.43. The molecule has 0 aliphatic carbocycles. The molecule has 1 aromatic rings. The van der Waals surface area contributed by atoms with Gasteiger partial charge >= 0.3 is 0 Å². The molecule has 0 aromatic heterocycles. The van der Waals surface area contributed by atoms with Crippen molar-refractivity contribution in [2.24, 2.45) is 0 Å². The number of benzene rings is 1. The number of para-hydroxylation sites is 1. The second-order valence-electron chi connectivity index (χ2n) is 4.69. The van der Waals surface area contributed by atoms with Crippen LogP contribution in [0, 0.1) is 11.6 Å². The molecule has 2 amide bonds. The number of rotatable bonds is 3. The van der Waals surface area contributed by atoms with Crippen LogP contribution in [0.5, 0.6) is 0 Å². The number of amides is 2. The lowest BCUT2D eigenvalue weighted by atomic mass is 10.2. The van der Waals surface area contributed by atoms with Crippen molar-refractivity contribution in [1.82, 2.24) is 4.90 Å². The number of halogens is 2. The first-order valence-electron chi connectivity index (χ1n) is 5.98. The van der Waals surface area contributed by atoms with Crippen LogP contribution >= 0.6 is 0 Å². The first-order chi connectivity index (χ1) is 8.91. The van der Waals surface area contributed by atoms with E-state index in [-0.39, 0.29) is 24.1 Å². The number of likely N-dealkylation sites (tertiary alicyclic amines) is 1. The lowest BCUT2D eigenvalue weighted by molar-refractivity contribution is -0.140. The maximum absolute atomic E-state index is 13.5. The Morgan fingerprint density at radius 3 is 2.32 bits per heavy atom. The van der Waals surface area contributed by atoms with Gasteiger partial charge in [0, 0.05) is 6.04 Å². The van der Waals surface area contributed by atoms with Gasteiger partial charge in [0.1, 0.15) is 23.4 Å². The fourth-order valence-corrected chi connectivity index (χ4v) is 2.12. The van der Waals surface area contributed by atoms with Crippen molar-refractivity contribution in [1.29, 1.82) is 0 Å². The quantitative estimate of drug-likeness (QED) is 0.852. The van der Waals surface area contributed by atoms with Gasteiger partial charge in [0.25, 0.3) is 5.91 Å². The number of nitrogens with zero attached hydrogens (tertiary/aromatic N) is 1. The second-order valence-corrected chi connectivity index (χ2v) is 4.69. The highest BCUT2D eigenvalue weighted by molar-refractivity contribution is 6.07. The van der Waals surface area contributed by atoms with Gasteiger partial charge in [-0.2, -0.15) is 0 Å². The number of carbonyl (C=O) groups is 2. The van der Waals surface area contributed by atoms with Crippen molar-refractivity contribution in [3.05, 3.63) is 29.8 Å². The summed E-state index contributed by atoms with van der Waals surface area (Å²) in [5.41, 5.74) is -0.376. The Kier molecular flexibility index (Phi) is 3.50. The molecule has 1 unspecified atom stereocenters. The molecule has 1 N–H and O–H groups in total. The van der Waals surface area contributed by atoms with E-state index in [0.717, 1.165) is 17.0 Å². The van der Waals surface area contributed by atoms with Crippen LogP contribution in [0.25, 0.3) is 0 Å². The lowest BCUT2D eigenvalue weighted by Gasteiger charge is -2.19. The van der Waals surface area contributed by atoms with Crippen molar-refractivity contribution < 1.29 is 18.4 Å². The minimum Gasteiger partial charge on any atom is -0.368 e. The van der Waals surface area contributed by atoms with Crippen molar-refractivity contribution in [3.63, 3.8) is 0 Å². The Labute approximate surface area is 109 Å². The minimum atomic E-state index is -0.915.